The number of urea groups is 1. The van der Waals surface area contributed by atoms with E-state index in [1.54, 1.807) is 31.2 Å². The number of ether oxygens (including phenoxy) is 1. The van der Waals surface area contributed by atoms with E-state index in [2.05, 4.69) is 42.4 Å². The third kappa shape index (κ3) is 12.2. The van der Waals surface area contributed by atoms with Gasteiger partial charge in [-0.15, -0.1) is 0 Å². The van der Waals surface area contributed by atoms with Crippen LogP contribution < -0.4 is 47.0 Å². The Balaban J connectivity index is 0.962. The molecule has 3 aliphatic rings. The molecule has 2 saturated heterocycles. The Kier molecular flexibility index (Phi) is 15.2. The number of hydrogen-bond donors (Lipinski definition) is 7. The molecule has 3 aromatic carbocycles. The molecule has 3 aliphatic heterocycles. The molecule has 3 aromatic rings. The van der Waals surface area contributed by atoms with Crippen molar-refractivity contribution in [2.24, 2.45) is 0 Å². The molecule has 3 heterocycles. The lowest BCUT2D eigenvalue weighted by molar-refractivity contribution is -0.129. The smallest absolute Gasteiger partial charge is 0.315 e. The van der Waals surface area contributed by atoms with Crippen LogP contribution in [0.4, 0.5) is 16.2 Å². The second-order valence-corrected chi connectivity index (χ2v) is 16.3. The first-order valence-corrected chi connectivity index (χ1v) is 21.3. The number of nitrogens with one attached hydrogen (secondary N) is 7. The van der Waals surface area contributed by atoms with E-state index < -0.39 is 24.1 Å². The minimum Gasteiger partial charge on any atom is -0.481 e. The zero-order valence-corrected chi connectivity index (χ0v) is 34.0. The van der Waals surface area contributed by atoms with Crippen LogP contribution in [0.1, 0.15) is 62.7 Å². The number of nitrogens with zero attached hydrogens (tertiary/aromatic N) is 3. The Bertz CT molecular complexity index is 1960. The Hall–Kier alpha value is -6.02. The average Bonchev–Trinajstić information content (AvgIpc) is 3.74. The number of benzene rings is 3. The van der Waals surface area contributed by atoms with Crippen molar-refractivity contribution >= 4 is 52.8 Å². The molecule has 0 aromatic heterocycles. The largest absolute Gasteiger partial charge is 0.481 e. The van der Waals surface area contributed by atoms with Gasteiger partial charge in [0.2, 0.25) is 23.6 Å². The van der Waals surface area contributed by atoms with Crippen LogP contribution in [0.25, 0.3) is 5.08 Å². The Morgan fingerprint density at radius 1 is 0.898 bits per heavy atom. The van der Waals surface area contributed by atoms with Crippen molar-refractivity contribution in [3.63, 3.8) is 0 Å². The topological polar surface area (TPSA) is 210 Å². The highest BCUT2D eigenvalue weighted by Gasteiger charge is 2.42. The molecule has 16 nitrogen and oxygen atoms in total. The third-order valence-corrected chi connectivity index (χ3v) is 12.1. The molecule has 0 spiro atoms. The van der Waals surface area contributed by atoms with Gasteiger partial charge in [0, 0.05) is 37.1 Å². The standard InChI is InChI=1S/C42H52N10O6S/c1-27(46-37(54)23-28-17-19-30(20-18-28)50-51-43)41(56)47-31-24-52(33-13-6-7-14-34(33)58-40(31)29-11-4-2-5-12-29)25-38(55)45-22-9-3-8-21-44-36(53)16-10-15-35-39-32(26-59-35)48-42(57)49-39/h2,4-7,11-14,17-20,27,31-32,35,39-40,50H,3,8-10,15-16,21-26H2,1H3,(H5-,44,45,46,47,48,49,53,54,55,56,57)/p+1/t27-,31-,32-,35-,39-,40-/m0/s1. The van der Waals surface area contributed by atoms with Gasteiger partial charge in [-0.25, -0.2) is 4.79 Å². The van der Waals surface area contributed by atoms with E-state index in [-0.39, 0.29) is 55.3 Å². The fourth-order valence-corrected chi connectivity index (χ4v) is 9.14. The first kappa shape index (κ1) is 42.6. The number of para-hydroxylation sites is 2. The Morgan fingerprint density at radius 3 is 2.39 bits per heavy atom. The highest BCUT2D eigenvalue weighted by atomic mass is 32.2. The fourth-order valence-electron chi connectivity index (χ4n) is 7.60. The van der Waals surface area contributed by atoms with E-state index in [4.69, 9.17) is 10.1 Å². The van der Waals surface area contributed by atoms with Crippen LogP contribution in [0, 0.1) is 5.39 Å². The number of rotatable bonds is 19. The quantitative estimate of drug-likeness (QED) is 0.0403. The Morgan fingerprint density at radius 2 is 1.63 bits per heavy atom. The summed E-state index contributed by atoms with van der Waals surface area (Å²) in [6.07, 6.45) is 3.97. The van der Waals surface area contributed by atoms with Gasteiger partial charge in [0.05, 0.1) is 36.8 Å². The molecule has 0 saturated carbocycles. The summed E-state index contributed by atoms with van der Waals surface area (Å²) in [4.78, 5) is 65.9. The van der Waals surface area contributed by atoms with Gasteiger partial charge in [-0.1, -0.05) is 54.6 Å². The molecule has 59 heavy (non-hydrogen) atoms. The summed E-state index contributed by atoms with van der Waals surface area (Å²) in [5, 5.41) is 29.8. The molecule has 6 atom stereocenters. The molecule has 6 amide bonds. The van der Waals surface area contributed by atoms with Crippen molar-refractivity contribution in [1.82, 2.24) is 31.9 Å². The molecule has 7 N–H and O–H groups in total. The number of fused-ring (bicyclic) bond motifs is 2. The lowest BCUT2D eigenvalue weighted by Gasteiger charge is -2.30. The highest BCUT2D eigenvalue weighted by molar-refractivity contribution is 8.00. The predicted molar refractivity (Wildman–Crippen MR) is 226 cm³/mol. The first-order valence-electron chi connectivity index (χ1n) is 20.2. The molecule has 6 rings (SSSR count). The second kappa shape index (κ2) is 21.1. The van der Waals surface area contributed by atoms with Gasteiger partial charge in [-0.3, -0.25) is 19.2 Å². The summed E-state index contributed by atoms with van der Waals surface area (Å²) >= 11 is 1.85. The molecule has 2 fully saturated rings. The zero-order chi connectivity index (χ0) is 41.6. The molecule has 0 unspecified atom stereocenters. The van der Waals surface area contributed by atoms with Crippen molar-refractivity contribution in [2.45, 2.75) is 87.4 Å². The van der Waals surface area contributed by atoms with E-state index in [1.807, 2.05) is 71.3 Å². The maximum atomic E-state index is 13.7. The van der Waals surface area contributed by atoms with Gasteiger partial charge in [0.15, 0.2) is 0 Å². The molecule has 312 valence electrons. The van der Waals surface area contributed by atoms with Crippen LogP contribution in [-0.2, 0) is 25.6 Å². The monoisotopic (exact) mass is 825 g/mol. The van der Waals surface area contributed by atoms with Crippen molar-refractivity contribution in [2.75, 3.05) is 42.3 Å². The normalized spacial score (nSPS) is 20.8. The molecular formula is C42H53N10O6S+. The lowest BCUT2D eigenvalue weighted by atomic mass is 10.0. The van der Waals surface area contributed by atoms with Crippen molar-refractivity contribution < 1.29 is 28.7 Å². The highest BCUT2D eigenvalue weighted by Crippen LogP contribution is 2.37. The second-order valence-electron chi connectivity index (χ2n) is 15.1. The molecule has 0 aliphatic carbocycles. The third-order valence-electron chi connectivity index (χ3n) is 10.6. The van der Waals surface area contributed by atoms with Crippen molar-refractivity contribution in [1.29, 1.82) is 5.39 Å². The number of diazo groups is 1. The van der Waals surface area contributed by atoms with E-state index in [0.717, 1.165) is 54.7 Å². The molecule has 0 radical (unpaired) electrons. The van der Waals surface area contributed by atoms with Gasteiger partial charge in [0.25, 0.3) is 5.39 Å². The summed E-state index contributed by atoms with van der Waals surface area (Å²) in [6.45, 7) is 2.96. The zero-order valence-electron chi connectivity index (χ0n) is 33.2. The predicted octanol–water partition coefficient (Wildman–Crippen LogP) is 3.78. The van der Waals surface area contributed by atoms with Crippen LogP contribution in [0.2, 0.25) is 0 Å². The van der Waals surface area contributed by atoms with Crippen LogP contribution >= 0.6 is 11.8 Å². The minimum atomic E-state index is -0.867. The Labute approximate surface area is 348 Å². The number of unbranched alkanes of at least 4 members (excludes halogenated alkanes) is 2. The van der Waals surface area contributed by atoms with Crippen molar-refractivity contribution in [3.8, 4) is 5.75 Å². The summed E-state index contributed by atoms with van der Waals surface area (Å²) in [5.74, 6) is 0.603. The van der Waals surface area contributed by atoms with E-state index in [0.29, 0.717) is 36.2 Å². The summed E-state index contributed by atoms with van der Waals surface area (Å²) in [7, 11) is 0. The SMILES string of the molecule is C[C@H](NC(=O)Cc1ccc(N[N+]#N)cc1)C(=O)N[C@H]1CN(CC(=O)NCCCCCNC(=O)CCC[C@@H]2SC[C@@H]3NC(=O)N[C@@H]32)c2ccccc2O[C@H]1c1ccccc1. The lowest BCUT2D eigenvalue weighted by Crippen LogP contribution is -2.54. The maximum absolute atomic E-state index is 13.7. The average molecular weight is 826 g/mol. The fraction of sp³-hybridized carbons (Fsp3) is 0.452. The van der Waals surface area contributed by atoms with E-state index >= 15 is 0 Å². The van der Waals surface area contributed by atoms with Gasteiger partial charge in [-0.2, -0.15) is 11.8 Å². The van der Waals surface area contributed by atoms with Gasteiger partial charge >= 0.3 is 11.1 Å². The van der Waals surface area contributed by atoms with E-state index in [9.17, 15) is 24.0 Å². The molecule has 17 heteroatoms. The minimum absolute atomic E-state index is 0.0287. The van der Waals surface area contributed by atoms with Crippen LogP contribution in [0.5, 0.6) is 5.75 Å². The first-order chi connectivity index (χ1) is 28.7. The number of carbonyl (C=O) groups excluding carboxylic acids is 5. The number of anilines is 2. The number of hydrogen-bond acceptors (Lipinski definition) is 10. The maximum Gasteiger partial charge on any atom is 0.315 e. The summed E-state index contributed by atoms with van der Waals surface area (Å²) in [5.41, 5.74) is 5.27. The summed E-state index contributed by atoms with van der Waals surface area (Å²) < 4.78 is 6.60. The van der Waals surface area contributed by atoms with E-state index in [1.165, 1.54) is 0 Å². The van der Waals surface area contributed by atoms with Crippen LogP contribution in [0.3, 0.4) is 0 Å². The van der Waals surface area contributed by atoms with Gasteiger partial charge in [0.1, 0.15) is 23.6 Å². The van der Waals surface area contributed by atoms with Gasteiger partial charge < -0.3 is 41.5 Å². The van der Waals surface area contributed by atoms with Crippen LogP contribution in [-0.4, -0.2) is 91.0 Å². The number of thioether (sulfide) groups is 1. The number of amides is 6. The molecule has 0 bridgehead atoms. The van der Waals surface area contributed by atoms with Gasteiger partial charge in [-0.05, 0) is 79.8 Å². The van der Waals surface area contributed by atoms with Crippen LogP contribution in [0.15, 0.2) is 78.9 Å². The summed E-state index contributed by atoms with van der Waals surface area (Å²) in [6, 6.07) is 22.6. The molecular weight excluding hydrogens is 773 g/mol. The number of carbonyl (C=O) groups is 5. The van der Waals surface area contributed by atoms with Crippen molar-refractivity contribution in [3.05, 3.63) is 95.1 Å².